The van der Waals surface area contributed by atoms with Crippen LogP contribution in [-0.4, -0.2) is 37.3 Å². The third-order valence-corrected chi connectivity index (χ3v) is 5.22. The third-order valence-electron chi connectivity index (χ3n) is 3.56. The summed E-state index contributed by atoms with van der Waals surface area (Å²) < 4.78 is 1.88. The summed E-state index contributed by atoms with van der Waals surface area (Å²) in [5.74, 6) is 0.524. The van der Waals surface area contributed by atoms with Gasteiger partial charge in [0, 0.05) is 23.7 Å². The molecule has 0 atom stereocenters. The minimum atomic E-state index is -0.168. The number of nitrogens with zero attached hydrogens (tertiary/aromatic N) is 4. The SMILES string of the molecule is CCn1c(CNC(=O)c2ccccc2)nnc1SCC(=O)Nc1nccs1. The van der Waals surface area contributed by atoms with Crippen LogP contribution in [0.4, 0.5) is 5.13 Å². The molecule has 1 aromatic carbocycles. The van der Waals surface area contributed by atoms with Gasteiger partial charge in [-0.3, -0.25) is 9.59 Å². The Hall–Kier alpha value is -2.72. The Morgan fingerprint density at radius 3 is 2.74 bits per heavy atom. The summed E-state index contributed by atoms with van der Waals surface area (Å²) in [6.07, 6.45) is 1.64. The van der Waals surface area contributed by atoms with Gasteiger partial charge in [0.25, 0.3) is 5.91 Å². The normalized spacial score (nSPS) is 10.6. The topological polar surface area (TPSA) is 102 Å². The number of anilines is 1. The summed E-state index contributed by atoms with van der Waals surface area (Å²) in [5, 5.41) is 16.9. The van der Waals surface area contributed by atoms with E-state index in [1.54, 1.807) is 23.7 Å². The fourth-order valence-corrected chi connectivity index (χ4v) is 3.66. The van der Waals surface area contributed by atoms with Crippen molar-refractivity contribution >= 4 is 40.0 Å². The van der Waals surface area contributed by atoms with Crippen LogP contribution >= 0.6 is 23.1 Å². The smallest absolute Gasteiger partial charge is 0.251 e. The number of benzene rings is 1. The van der Waals surface area contributed by atoms with Gasteiger partial charge in [-0.15, -0.1) is 21.5 Å². The molecule has 2 amide bonds. The number of carbonyl (C=O) groups is 2. The van der Waals surface area contributed by atoms with Crippen LogP contribution in [0.1, 0.15) is 23.1 Å². The lowest BCUT2D eigenvalue weighted by atomic mass is 10.2. The van der Waals surface area contributed by atoms with Crippen molar-refractivity contribution in [2.24, 2.45) is 0 Å². The zero-order valence-electron chi connectivity index (χ0n) is 14.6. The molecule has 0 aliphatic rings. The van der Waals surface area contributed by atoms with E-state index >= 15 is 0 Å². The van der Waals surface area contributed by atoms with Gasteiger partial charge in [-0.1, -0.05) is 30.0 Å². The number of aromatic nitrogens is 4. The first kappa shape index (κ1) is 19.1. The molecular formula is C17H18N6O2S2. The van der Waals surface area contributed by atoms with Gasteiger partial charge in [0.15, 0.2) is 16.1 Å². The number of carbonyl (C=O) groups excluding carboxylic acids is 2. The van der Waals surface area contributed by atoms with E-state index in [1.165, 1.54) is 23.1 Å². The largest absolute Gasteiger partial charge is 0.345 e. The quantitative estimate of drug-likeness (QED) is 0.561. The summed E-state index contributed by atoms with van der Waals surface area (Å²) in [6.45, 7) is 2.87. The zero-order chi connectivity index (χ0) is 19.1. The van der Waals surface area contributed by atoms with Gasteiger partial charge in [0.2, 0.25) is 5.91 Å². The molecule has 2 aromatic heterocycles. The molecule has 2 heterocycles. The minimum absolute atomic E-state index is 0.153. The van der Waals surface area contributed by atoms with Crippen LogP contribution in [0, 0.1) is 0 Å². The molecule has 27 heavy (non-hydrogen) atoms. The summed E-state index contributed by atoms with van der Waals surface area (Å²) in [5.41, 5.74) is 0.591. The molecule has 0 aliphatic heterocycles. The fraction of sp³-hybridized carbons (Fsp3) is 0.235. The minimum Gasteiger partial charge on any atom is -0.345 e. The molecule has 8 nitrogen and oxygen atoms in total. The summed E-state index contributed by atoms with van der Waals surface area (Å²) in [4.78, 5) is 28.2. The number of amides is 2. The van der Waals surface area contributed by atoms with Crippen molar-refractivity contribution in [1.82, 2.24) is 25.1 Å². The lowest BCUT2D eigenvalue weighted by Gasteiger charge is -2.08. The van der Waals surface area contributed by atoms with Gasteiger partial charge in [-0.05, 0) is 19.1 Å². The van der Waals surface area contributed by atoms with Gasteiger partial charge in [0.05, 0.1) is 12.3 Å². The van der Waals surface area contributed by atoms with Crippen LogP contribution in [0.2, 0.25) is 0 Å². The second-order valence-corrected chi connectivity index (χ2v) is 7.20. The molecule has 3 rings (SSSR count). The van der Waals surface area contributed by atoms with E-state index in [2.05, 4.69) is 25.8 Å². The van der Waals surface area contributed by atoms with E-state index in [0.717, 1.165) is 0 Å². The molecule has 0 saturated carbocycles. The highest BCUT2D eigenvalue weighted by atomic mass is 32.2. The van der Waals surface area contributed by atoms with E-state index in [-0.39, 0.29) is 24.1 Å². The van der Waals surface area contributed by atoms with Crippen LogP contribution in [-0.2, 0) is 17.9 Å². The predicted molar refractivity (Wildman–Crippen MR) is 105 cm³/mol. The number of rotatable bonds is 8. The maximum atomic E-state index is 12.2. The van der Waals surface area contributed by atoms with E-state index < -0.39 is 0 Å². The van der Waals surface area contributed by atoms with Crippen LogP contribution in [0.25, 0.3) is 0 Å². The number of nitrogens with one attached hydrogen (secondary N) is 2. The number of hydrogen-bond acceptors (Lipinski definition) is 7. The Labute approximate surface area is 164 Å². The fourth-order valence-electron chi connectivity index (χ4n) is 2.30. The van der Waals surface area contributed by atoms with Gasteiger partial charge in [-0.25, -0.2) is 4.98 Å². The average Bonchev–Trinajstić information content (AvgIpc) is 3.34. The molecule has 3 aromatic rings. The Kier molecular flexibility index (Phi) is 6.55. The number of thiazole rings is 1. The Bertz CT molecular complexity index is 896. The molecule has 0 radical (unpaired) electrons. The van der Waals surface area contributed by atoms with Crippen molar-refractivity contribution < 1.29 is 9.59 Å². The number of hydrogen-bond donors (Lipinski definition) is 2. The van der Waals surface area contributed by atoms with Crippen molar-refractivity contribution in [2.45, 2.75) is 25.2 Å². The standard InChI is InChI=1S/C17H18N6O2S2/c1-2-23-13(10-19-15(25)12-6-4-3-5-7-12)21-22-17(23)27-11-14(24)20-16-18-8-9-26-16/h3-9H,2,10-11H2,1H3,(H,19,25)(H,18,20,24). The molecule has 2 N–H and O–H groups in total. The zero-order valence-corrected chi connectivity index (χ0v) is 16.2. The predicted octanol–water partition coefficient (Wildman–Crippen LogP) is 2.42. The first-order valence-electron chi connectivity index (χ1n) is 8.25. The molecule has 0 fully saturated rings. The highest BCUT2D eigenvalue weighted by molar-refractivity contribution is 7.99. The highest BCUT2D eigenvalue weighted by Crippen LogP contribution is 2.18. The second kappa shape index (κ2) is 9.28. The molecule has 0 unspecified atom stereocenters. The lowest BCUT2D eigenvalue weighted by Crippen LogP contribution is -2.24. The monoisotopic (exact) mass is 402 g/mol. The summed E-state index contributed by atoms with van der Waals surface area (Å²) in [7, 11) is 0. The van der Waals surface area contributed by atoms with Crippen molar-refractivity contribution in [1.29, 1.82) is 0 Å². The molecule has 140 valence electrons. The Balaban J connectivity index is 1.56. The summed E-state index contributed by atoms with van der Waals surface area (Å²) >= 11 is 2.66. The molecule has 10 heteroatoms. The van der Waals surface area contributed by atoms with Crippen molar-refractivity contribution in [3.63, 3.8) is 0 Å². The van der Waals surface area contributed by atoms with Gasteiger partial charge in [-0.2, -0.15) is 0 Å². The van der Waals surface area contributed by atoms with E-state index in [9.17, 15) is 9.59 Å². The third kappa shape index (κ3) is 5.14. The van der Waals surface area contributed by atoms with Gasteiger partial charge >= 0.3 is 0 Å². The second-order valence-electron chi connectivity index (χ2n) is 5.37. The number of thioether (sulfide) groups is 1. The van der Waals surface area contributed by atoms with Crippen molar-refractivity contribution in [3.8, 4) is 0 Å². The maximum absolute atomic E-state index is 12.2. The molecule has 0 bridgehead atoms. The first-order chi connectivity index (χ1) is 13.2. The van der Waals surface area contributed by atoms with E-state index in [0.29, 0.717) is 28.2 Å². The van der Waals surface area contributed by atoms with Crippen LogP contribution in [0.3, 0.4) is 0 Å². The first-order valence-corrected chi connectivity index (χ1v) is 10.1. The maximum Gasteiger partial charge on any atom is 0.251 e. The molecule has 0 aliphatic carbocycles. The highest BCUT2D eigenvalue weighted by Gasteiger charge is 2.14. The van der Waals surface area contributed by atoms with E-state index in [1.807, 2.05) is 29.7 Å². The van der Waals surface area contributed by atoms with Crippen molar-refractivity contribution in [2.75, 3.05) is 11.1 Å². The van der Waals surface area contributed by atoms with Crippen LogP contribution in [0.15, 0.2) is 47.1 Å². The molecular weight excluding hydrogens is 384 g/mol. The van der Waals surface area contributed by atoms with Gasteiger partial charge in [0.1, 0.15) is 0 Å². The lowest BCUT2D eigenvalue weighted by molar-refractivity contribution is -0.113. The Morgan fingerprint density at radius 1 is 1.22 bits per heavy atom. The van der Waals surface area contributed by atoms with Gasteiger partial charge < -0.3 is 15.2 Å². The molecule has 0 spiro atoms. The average molecular weight is 403 g/mol. The van der Waals surface area contributed by atoms with Crippen LogP contribution < -0.4 is 10.6 Å². The van der Waals surface area contributed by atoms with Crippen molar-refractivity contribution in [3.05, 3.63) is 53.3 Å². The molecule has 0 saturated heterocycles. The summed E-state index contributed by atoms with van der Waals surface area (Å²) in [6, 6.07) is 8.99. The van der Waals surface area contributed by atoms with E-state index in [4.69, 9.17) is 0 Å². The van der Waals surface area contributed by atoms with Crippen LogP contribution in [0.5, 0.6) is 0 Å². The Morgan fingerprint density at radius 2 is 2.04 bits per heavy atom.